The van der Waals surface area contributed by atoms with E-state index in [0.717, 1.165) is 15.6 Å². The van der Waals surface area contributed by atoms with Crippen LogP contribution in [0.3, 0.4) is 0 Å². The topological polar surface area (TPSA) is 85.8 Å². The molecule has 8 nitrogen and oxygen atoms in total. The van der Waals surface area contributed by atoms with Gasteiger partial charge in [-0.05, 0) is 43.5 Å². The average molecular weight is 512 g/mol. The van der Waals surface area contributed by atoms with Crippen molar-refractivity contribution < 1.29 is 26.4 Å². The number of benzene rings is 1. The zero-order valence-corrected chi connectivity index (χ0v) is 20.5. The highest BCUT2D eigenvalue weighted by molar-refractivity contribution is 7.87. The maximum Gasteiger partial charge on any atom is 0.320 e. The van der Waals surface area contributed by atoms with Crippen molar-refractivity contribution in [1.29, 1.82) is 0 Å². The molecule has 35 heavy (non-hydrogen) atoms. The number of hydrogen-bond acceptors (Lipinski definition) is 4. The van der Waals surface area contributed by atoms with E-state index in [2.05, 4.69) is 4.98 Å². The van der Waals surface area contributed by atoms with Gasteiger partial charge in [0.25, 0.3) is 16.1 Å². The molecule has 2 aliphatic rings. The fourth-order valence-corrected chi connectivity index (χ4v) is 5.18. The summed E-state index contributed by atoms with van der Waals surface area (Å²) in [6.45, 7) is 1.68. The van der Waals surface area contributed by atoms with Gasteiger partial charge >= 0.3 is 6.03 Å². The van der Waals surface area contributed by atoms with Crippen LogP contribution >= 0.6 is 0 Å². The van der Waals surface area contributed by atoms with Crippen LogP contribution in [0.5, 0.6) is 0 Å². The first-order valence-electron chi connectivity index (χ1n) is 11.3. The van der Waals surface area contributed by atoms with Crippen LogP contribution in [-0.4, -0.2) is 85.3 Å². The Bertz CT molecular complexity index is 1220. The van der Waals surface area contributed by atoms with E-state index in [9.17, 15) is 13.2 Å². The molecule has 0 bridgehead atoms. The number of urea groups is 1. The summed E-state index contributed by atoms with van der Waals surface area (Å²) in [6.07, 6.45) is 0.457. The summed E-state index contributed by atoms with van der Waals surface area (Å²) < 4.78 is 73.7. The number of nitrogens with zero attached hydrogens (tertiary/aromatic N) is 4. The van der Waals surface area contributed by atoms with E-state index < -0.39 is 46.6 Å². The molecule has 0 radical (unpaired) electrons. The molecular weight excluding hydrogens is 483 g/mol. The molecule has 190 valence electrons. The number of rotatable bonds is 6. The number of halogens is 3. The van der Waals surface area contributed by atoms with Gasteiger partial charge in [0, 0.05) is 38.4 Å². The first-order valence-corrected chi connectivity index (χ1v) is 12.7. The molecule has 2 saturated heterocycles. The summed E-state index contributed by atoms with van der Waals surface area (Å²) in [5.74, 6) is -4.20. The number of nitrogens with one attached hydrogen (secondary N) is 1. The Hall–Kier alpha value is -2.70. The summed E-state index contributed by atoms with van der Waals surface area (Å²) >= 11 is 0. The van der Waals surface area contributed by atoms with E-state index in [1.54, 1.807) is 37.3 Å². The quantitative estimate of drug-likeness (QED) is 0.646. The maximum atomic E-state index is 15.6. The van der Waals surface area contributed by atoms with Gasteiger partial charge in [0.15, 0.2) is 0 Å². The highest BCUT2D eigenvalue weighted by atomic mass is 32.2. The van der Waals surface area contributed by atoms with Crippen molar-refractivity contribution in [2.45, 2.75) is 37.8 Å². The molecule has 0 aliphatic carbocycles. The van der Waals surface area contributed by atoms with E-state index in [1.807, 2.05) is 4.72 Å². The Labute approximate surface area is 202 Å². The van der Waals surface area contributed by atoms with Crippen molar-refractivity contribution in [3.63, 3.8) is 0 Å². The van der Waals surface area contributed by atoms with E-state index in [1.165, 1.54) is 25.1 Å². The number of carbonyl (C=O) groups is 1. The SMILES string of the molecule is Cc1cccc(-c2cccc(C[C@H]3[C@@H](NS(=O)(=O)N(C)C)C(F)(F)CN3C(=O)N3CCC3)c2F)n1. The Balaban J connectivity index is 1.73. The molecule has 1 N–H and O–H groups in total. The third-order valence-corrected chi connectivity index (χ3v) is 7.94. The lowest BCUT2D eigenvalue weighted by Gasteiger charge is -2.37. The summed E-state index contributed by atoms with van der Waals surface area (Å²) in [5, 5.41) is 0. The molecule has 2 fully saturated rings. The first-order chi connectivity index (χ1) is 16.4. The molecule has 0 spiro atoms. The predicted molar refractivity (Wildman–Crippen MR) is 125 cm³/mol. The minimum Gasteiger partial charge on any atom is -0.325 e. The van der Waals surface area contributed by atoms with Crippen molar-refractivity contribution in [3.8, 4) is 11.3 Å². The van der Waals surface area contributed by atoms with Crippen LogP contribution in [0, 0.1) is 12.7 Å². The van der Waals surface area contributed by atoms with Gasteiger partial charge in [-0.2, -0.15) is 17.4 Å². The molecule has 2 aromatic rings. The van der Waals surface area contributed by atoms with Crippen LogP contribution in [0.25, 0.3) is 11.3 Å². The standard InChI is InChI=1S/C23H28F3N5O3S/c1-15-7-4-10-18(27-15)17-9-5-8-16(20(17)24)13-19-21(28-35(33,34)29(2)3)23(25,26)14-31(19)22(32)30-11-6-12-30/h4-5,7-10,19,21,28H,6,11-14H2,1-3H3/t19-,21+/m0/s1. The molecular formula is C23H28F3N5O3S. The predicted octanol–water partition coefficient (Wildman–Crippen LogP) is 2.65. The largest absolute Gasteiger partial charge is 0.325 e. The van der Waals surface area contributed by atoms with Crippen LogP contribution in [0.2, 0.25) is 0 Å². The van der Waals surface area contributed by atoms with Gasteiger partial charge in [-0.25, -0.2) is 18.0 Å². The van der Waals surface area contributed by atoms with E-state index in [-0.39, 0.29) is 17.5 Å². The van der Waals surface area contributed by atoms with Crippen LogP contribution in [0.1, 0.15) is 17.7 Å². The van der Waals surface area contributed by atoms with Crippen LogP contribution in [-0.2, 0) is 16.6 Å². The summed E-state index contributed by atoms with van der Waals surface area (Å²) in [4.78, 5) is 19.7. The fraction of sp³-hybridized carbons (Fsp3) is 0.478. The number of hydrogen-bond donors (Lipinski definition) is 1. The Morgan fingerprint density at radius 2 is 1.89 bits per heavy atom. The summed E-state index contributed by atoms with van der Waals surface area (Å²) in [5.41, 5.74) is 1.36. The number of alkyl halides is 2. The lowest BCUT2D eigenvalue weighted by Crippen LogP contribution is -2.56. The van der Waals surface area contributed by atoms with E-state index in [4.69, 9.17) is 0 Å². The molecule has 4 rings (SSSR count). The number of aryl methyl sites for hydroxylation is 1. The molecule has 0 unspecified atom stereocenters. The molecule has 1 aromatic carbocycles. The van der Waals surface area contributed by atoms with Crippen LogP contribution in [0.4, 0.5) is 18.0 Å². The molecule has 2 atom stereocenters. The lowest BCUT2D eigenvalue weighted by molar-refractivity contribution is -0.00591. The minimum absolute atomic E-state index is 0.0870. The lowest BCUT2D eigenvalue weighted by atomic mass is 9.96. The van der Waals surface area contributed by atoms with Crippen molar-refractivity contribution in [1.82, 2.24) is 23.8 Å². The fourth-order valence-electron chi connectivity index (χ4n) is 4.32. The van der Waals surface area contributed by atoms with Gasteiger partial charge in [-0.15, -0.1) is 0 Å². The molecule has 3 heterocycles. The molecule has 0 saturated carbocycles. The summed E-state index contributed by atoms with van der Waals surface area (Å²) in [6, 6.07) is 5.90. The average Bonchev–Trinajstić information content (AvgIpc) is 2.98. The normalized spacial score (nSPS) is 21.9. The van der Waals surface area contributed by atoms with E-state index in [0.29, 0.717) is 24.5 Å². The Morgan fingerprint density at radius 3 is 2.49 bits per heavy atom. The Morgan fingerprint density at radius 1 is 1.20 bits per heavy atom. The highest BCUT2D eigenvalue weighted by Gasteiger charge is 2.58. The number of likely N-dealkylation sites (tertiary alicyclic amines) is 2. The number of aromatic nitrogens is 1. The van der Waals surface area contributed by atoms with Crippen molar-refractivity contribution >= 4 is 16.2 Å². The van der Waals surface area contributed by atoms with Gasteiger partial charge < -0.3 is 9.80 Å². The van der Waals surface area contributed by atoms with Crippen molar-refractivity contribution in [2.75, 3.05) is 33.7 Å². The zero-order chi connectivity index (χ0) is 25.5. The smallest absolute Gasteiger partial charge is 0.320 e. The van der Waals surface area contributed by atoms with Gasteiger partial charge in [-0.1, -0.05) is 18.2 Å². The summed E-state index contributed by atoms with van der Waals surface area (Å²) in [7, 11) is -1.83. The second kappa shape index (κ2) is 9.40. The molecule has 12 heteroatoms. The number of pyridine rings is 1. The number of amides is 2. The van der Waals surface area contributed by atoms with Gasteiger partial charge in [-0.3, -0.25) is 4.98 Å². The Kier molecular flexibility index (Phi) is 6.82. The highest BCUT2D eigenvalue weighted by Crippen LogP contribution is 2.37. The number of carbonyl (C=O) groups excluding carboxylic acids is 1. The second-order valence-corrected chi connectivity index (χ2v) is 11.0. The molecule has 2 amide bonds. The third kappa shape index (κ3) is 5.00. The first kappa shape index (κ1) is 25.4. The maximum absolute atomic E-state index is 15.6. The van der Waals surface area contributed by atoms with Crippen LogP contribution < -0.4 is 4.72 Å². The monoisotopic (exact) mass is 511 g/mol. The van der Waals surface area contributed by atoms with Gasteiger partial charge in [0.1, 0.15) is 11.9 Å². The zero-order valence-electron chi connectivity index (χ0n) is 19.7. The van der Waals surface area contributed by atoms with E-state index >= 15 is 13.2 Å². The second-order valence-electron chi connectivity index (χ2n) is 9.11. The molecule has 2 aliphatic heterocycles. The van der Waals surface area contributed by atoms with Crippen molar-refractivity contribution in [2.24, 2.45) is 0 Å². The van der Waals surface area contributed by atoms with Crippen molar-refractivity contribution in [3.05, 3.63) is 53.5 Å². The van der Waals surface area contributed by atoms with Crippen LogP contribution in [0.15, 0.2) is 36.4 Å². The molecule has 1 aromatic heterocycles. The minimum atomic E-state index is -4.26. The van der Waals surface area contributed by atoms with Gasteiger partial charge in [0.2, 0.25) is 0 Å². The third-order valence-electron chi connectivity index (χ3n) is 6.42. The van der Waals surface area contributed by atoms with Gasteiger partial charge in [0.05, 0.1) is 18.3 Å².